The van der Waals surface area contributed by atoms with Crippen LogP contribution >= 0.6 is 0 Å². The van der Waals surface area contributed by atoms with Crippen molar-refractivity contribution in [3.05, 3.63) is 348 Å². The summed E-state index contributed by atoms with van der Waals surface area (Å²) in [6.07, 6.45) is 0. The van der Waals surface area contributed by atoms with Gasteiger partial charge in [-0.1, -0.05) is 109 Å². The second kappa shape index (κ2) is 37.7. The third kappa shape index (κ3) is 16.3. The first-order valence-electron chi connectivity index (χ1n) is 40.4. The van der Waals surface area contributed by atoms with Crippen molar-refractivity contribution in [2.45, 2.75) is 158 Å². The molecule has 0 aromatic heterocycles. The van der Waals surface area contributed by atoms with Gasteiger partial charge < -0.3 is 60.3 Å². The molecular weight excluding hydrogens is 1570 g/mol. The van der Waals surface area contributed by atoms with Gasteiger partial charge in [-0.05, 0) is 119 Å². The van der Waals surface area contributed by atoms with E-state index in [0.29, 0.717) is 135 Å². The largest absolute Gasteiger partial charge is 0.489 e. The number of hydrogen-bond acceptors (Lipinski definition) is 24. The molecule has 6 heterocycles. The molecule has 0 aliphatic carbocycles. The van der Waals surface area contributed by atoms with Crippen LogP contribution in [0.25, 0.3) is 0 Å². The Morgan fingerprint density at radius 3 is 0.389 bits per heavy atom. The molecule has 6 aliphatic rings. The molecule has 0 atom stereocenters. The maximum Gasteiger partial charge on any atom is 0.124 e. The number of nitrogens with one attached hydrogen (secondary N) is 6. The van der Waals surface area contributed by atoms with Crippen LogP contribution in [0.5, 0.6) is 34.5 Å². The van der Waals surface area contributed by atoms with E-state index in [4.69, 9.17) is 28.4 Å². The molecule has 126 heavy (non-hydrogen) atoms. The van der Waals surface area contributed by atoms with Gasteiger partial charge in [-0.3, -0.25) is 0 Å². The van der Waals surface area contributed by atoms with Crippen molar-refractivity contribution in [2.24, 2.45) is 0 Å². The number of rotatable bonds is 24. The van der Waals surface area contributed by atoms with Crippen LogP contribution in [0.15, 0.2) is 281 Å². The minimum absolute atomic E-state index is 0.236. The number of para-hydroxylation sites is 6. The minimum Gasteiger partial charge on any atom is -0.489 e. The van der Waals surface area contributed by atoms with Crippen molar-refractivity contribution in [2.75, 3.05) is 0 Å². The fourth-order valence-corrected chi connectivity index (χ4v) is 17.7. The monoisotopic (exact) mass is 1660 g/mol. The molecule has 0 unspecified atom stereocenters. The highest BCUT2D eigenvalue weighted by molar-refractivity contribution is 5.66. The summed E-state index contributed by atoms with van der Waals surface area (Å²) in [7, 11) is 0. The van der Waals surface area contributed by atoms with Crippen molar-refractivity contribution in [3.63, 3.8) is 0 Å². The van der Waals surface area contributed by atoms with Gasteiger partial charge in [0.05, 0.1) is 175 Å². The van der Waals surface area contributed by atoms with Crippen LogP contribution in [0.2, 0.25) is 0 Å². The summed E-state index contributed by atoms with van der Waals surface area (Å²) >= 11 is 0. The quantitative estimate of drug-likeness (QED) is 0.0327. The average Bonchev–Trinajstić information content (AvgIpc) is 0.769. The fourth-order valence-electron chi connectivity index (χ4n) is 17.7. The van der Waals surface area contributed by atoms with E-state index in [2.05, 4.69) is 105 Å². The Hall–Kier alpha value is -17.1. The Morgan fingerprint density at radius 1 is 0.183 bits per heavy atom. The van der Waals surface area contributed by atoms with E-state index in [0.717, 1.165) is 0 Å². The van der Waals surface area contributed by atoms with Gasteiger partial charge in [0, 0.05) is 135 Å². The summed E-state index contributed by atoms with van der Waals surface area (Å²) in [5, 5.41) is 153. The van der Waals surface area contributed by atoms with Gasteiger partial charge >= 0.3 is 0 Å². The molecule has 24 nitrogen and oxygen atoms in total. The number of hydrogen-bond donors (Lipinski definition) is 6. The van der Waals surface area contributed by atoms with Gasteiger partial charge in [0.25, 0.3) is 0 Å². The van der Waals surface area contributed by atoms with Gasteiger partial charge in [0.1, 0.15) is 74.1 Å². The second-order valence-electron chi connectivity index (χ2n) is 31.0. The van der Waals surface area contributed by atoms with Crippen molar-refractivity contribution in [3.8, 4) is 107 Å². The molecule has 6 aliphatic heterocycles. The smallest absolute Gasteiger partial charge is 0.124 e. The molecule has 0 saturated heterocycles. The molecule has 24 heteroatoms. The first-order chi connectivity index (χ1) is 61.0. The summed E-state index contributed by atoms with van der Waals surface area (Å²) in [6, 6.07) is 71.0. The normalized spacial score (nSPS) is 16.0. The maximum atomic E-state index is 11.1. The summed E-state index contributed by atoms with van der Waals surface area (Å²) in [4.78, 5) is 0. The Labute approximate surface area is 732 Å². The molecule has 618 valence electrons. The van der Waals surface area contributed by atoms with Gasteiger partial charge in [-0.25, -0.2) is 0 Å². The molecule has 0 radical (unpaired) electrons. The van der Waals surface area contributed by atoms with Crippen molar-refractivity contribution in [1.82, 2.24) is 31.9 Å². The predicted molar refractivity (Wildman–Crippen MR) is 466 cm³/mol. The first kappa shape index (κ1) is 86.7. The number of ether oxygens (including phenoxy) is 6. The highest BCUT2D eigenvalue weighted by Gasteiger charge is 2.40. The van der Waals surface area contributed by atoms with E-state index >= 15 is 0 Å². The number of nitriles is 12. The third-order valence-corrected chi connectivity index (χ3v) is 23.8. The van der Waals surface area contributed by atoms with E-state index in [1.165, 1.54) is 0 Å². The van der Waals surface area contributed by atoms with Gasteiger partial charge in [-0.15, -0.1) is 0 Å². The van der Waals surface area contributed by atoms with E-state index in [9.17, 15) is 63.1 Å². The Kier molecular flexibility index (Phi) is 25.9. The molecule has 0 spiro atoms. The van der Waals surface area contributed by atoms with Crippen molar-refractivity contribution < 1.29 is 28.4 Å². The van der Waals surface area contributed by atoms with E-state index in [1.54, 1.807) is 229 Å². The molecule has 7 aromatic carbocycles. The number of dihydropyridines is 6. The maximum absolute atomic E-state index is 11.1. The van der Waals surface area contributed by atoms with Crippen LogP contribution in [0.4, 0.5) is 0 Å². The lowest BCUT2D eigenvalue weighted by Gasteiger charge is -2.31. The van der Waals surface area contributed by atoms with Crippen LogP contribution in [-0.4, -0.2) is 0 Å². The molecule has 13 rings (SSSR count). The Morgan fingerprint density at radius 2 is 0.286 bits per heavy atom. The molecule has 0 saturated carbocycles. The number of nitrogens with zero attached hydrogens (tertiary/aromatic N) is 12. The molecule has 7 aromatic rings. The number of benzene rings is 7. The van der Waals surface area contributed by atoms with Crippen LogP contribution in [0.3, 0.4) is 0 Å². The van der Waals surface area contributed by atoms with Crippen molar-refractivity contribution >= 4 is 0 Å². The van der Waals surface area contributed by atoms with Crippen LogP contribution in [0.1, 0.15) is 185 Å². The Balaban J connectivity index is 1.17. The predicted octanol–water partition coefficient (Wildman–Crippen LogP) is 18.9. The zero-order chi connectivity index (χ0) is 89.9. The lowest BCUT2D eigenvalue weighted by Crippen LogP contribution is -2.25. The minimum atomic E-state index is -0.951. The van der Waals surface area contributed by atoms with E-state index in [-0.39, 0.29) is 101 Å². The van der Waals surface area contributed by atoms with Gasteiger partial charge in [0.15, 0.2) is 0 Å². The molecule has 6 N–H and O–H groups in total. The molecule has 0 bridgehead atoms. The van der Waals surface area contributed by atoms with E-state index < -0.39 is 75.1 Å². The average molecular weight is 1660 g/mol. The zero-order valence-electron chi connectivity index (χ0n) is 71.4. The van der Waals surface area contributed by atoms with Crippen LogP contribution < -0.4 is 60.3 Å². The highest BCUT2D eigenvalue weighted by Crippen LogP contribution is 2.50. The molecular formula is C102H84N18O6. The second-order valence-corrected chi connectivity index (χ2v) is 31.0. The first-order valence-corrected chi connectivity index (χ1v) is 40.4. The lowest BCUT2D eigenvalue weighted by atomic mass is 9.81. The molecule has 0 amide bonds. The van der Waals surface area contributed by atoms with Gasteiger partial charge in [0.2, 0.25) is 0 Å². The zero-order valence-corrected chi connectivity index (χ0v) is 71.4. The van der Waals surface area contributed by atoms with Gasteiger partial charge in [-0.2, -0.15) is 63.1 Å². The topological polar surface area (TPSA) is 413 Å². The standard InChI is InChI=1S/C102H84N18O6/c1-55-73(37-103)97(74(38-104)56(2)115-55)67-25-13-19-31-91(67)121-49-85-86(50-122-92-32-20-14-26-68(92)98-75(39-105)57(3)116-58(4)76(98)40-106)88(52-124-94-34-22-16-28-70(94)100-79(43-109)61(7)118-62(8)80(100)44-110)90(54-126-96-36-24-18-30-72(96)102-83(47-113)65(11)120-66(12)84(102)48-114)89(53-125-95-35-23-17-29-71(95)101-81(45-111)63(9)119-64(10)82(101)46-112)87(85)51-123-93-33-21-15-27-69(93)99-77(41-107)59(5)117-60(6)78(99)42-108/h13-36,97-102,115-120H,49-54H2,1-12H3. The molecule has 0 fully saturated rings. The van der Waals surface area contributed by atoms with E-state index in [1.807, 2.05) is 0 Å². The Bertz CT molecular complexity index is 5500. The summed E-state index contributed by atoms with van der Waals surface area (Å²) in [5.41, 5.74) is 14.0. The summed E-state index contributed by atoms with van der Waals surface area (Å²) in [5.74, 6) is -4.29. The van der Waals surface area contributed by atoms with Crippen LogP contribution in [-0.2, 0) is 39.6 Å². The summed E-state index contributed by atoms with van der Waals surface area (Å²) < 4.78 is 44.9. The number of allylic oxidation sites excluding steroid dienone is 24. The fraction of sp³-hybridized carbons (Fsp3) is 0.235. The van der Waals surface area contributed by atoms with Crippen molar-refractivity contribution in [1.29, 1.82) is 63.1 Å². The summed E-state index contributed by atoms with van der Waals surface area (Å²) in [6.45, 7) is 18.5. The third-order valence-electron chi connectivity index (χ3n) is 23.8. The lowest BCUT2D eigenvalue weighted by molar-refractivity contribution is 0.246. The SMILES string of the molecule is CC1=C(C#N)C(c2ccccc2OCc2c(COc3ccccc3C3C(C#N)=C(C)NC(C)=C3C#N)c(COc3ccccc3C3C(C#N)=C(C)NC(C)=C3C#N)c(COc3ccccc3C3C(C#N)=C(C)NC(C)=C3C#N)c(COc3ccccc3C3C(C#N)=C(C)NC(C)=C3C#N)c2COc2ccccc2C2C(C#N)=C(C)NC(C)=C2C#N)C(C#N)=C(C)N1. The van der Waals surface area contributed by atoms with Crippen LogP contribution in [0, 0.1) is 136 Å². The highest BCUT2D eigenvalue weighted by atomic mass is 16.5.